The highest BCUT2D eigenvalue weighted by atomic mass is 32.1. The van der Waals surface area contributed by atoms with Crippen LogP contribution in [-0.2, 0) is 0 Å². The number of thiophene rings is 3. The zero-order valence-electron chi connectivity index (χ0n) is 35.7. The SMILES string of the molecule is C=C/C=C\c1c(C)sc2c(-c3cc(-c4ccc(-c5cc6c(-c7ccccc7)nc7ccccc7c6c6c5sc5ccccc56)cc4)nc(-c4cccc5c4sc4ccccc45)n3)cccc12. The summed E-state index contributed by atoms with van der Waals surface area (Å²) >= 11 is 5.49. The van der Waals surface area contributed by atoms with Crippen molar-refractivity contribution in [1.29, 1.82) is 0 Å². The molecule has 0 saturated heterocycles. The molecule has 66 heavy (non-hydrogen) atoms. The Bertz CT molecular complexity index is 4130. The Morgan fingerprint density at radius 1 is 0.439 bits per heavy atom. The average Bonchev–Trinajstić information content (AvgIpc) is 4.06. The number of nitrogens with zero attached hydrogens (tertiary/aromatic N) is 3. The van der Waals surface area contributed by atoms with Gasteiger partial charge < -0.3 is 0 Å². The lowest BCUT2D eigenvalue weighted by atomic mass is 9.92. The second-order valence-electron chi connectivity index (χ2n) is 16.7. The largest absolute Gasteiger partial charge is 0.247 e. The summed E-state index contributed by atoms with van der Waals surface area (Å²) in [6.07, 6.45) is 6.01. The molecule has 0 aliphatic carbocycles. The van der Waals surface area contributed by atoms with E-state index >= 15 is 0 Å². The zero-order chi connectivity index (χ0) is 43.9. The molecule has 310 valence electrons. The summed E-state index contributed by atoms with van der Waals surface area (Å²) in [5, 5.41) is 9.82. The van der Waals surface area contributed by atoms with E-state index < -0.39 is 0 Å². The summed E-state index contributed by atoms with van der Waals surface area (Å²) < 4.78 is 6.21. The Morgan fingerprint density at radius 3 is 1.89 bits per heavy atom. The van der Waals surface area contributed by atoms with Crippen LogP contribution < -0.4 is 0 Å². The van der Waals surface area contributed by atoms with Crippen molar-refractivity contribution in [1.82, 2.24) is 15.0 Å². The van der Waals surface area contributed by atoms with Crippen LogP contribution in [0.2, 0.25) is 0 Å². The van der Waals surface area contributed by atoms with Crippen LogP contribution in [0.1, 0.15) is 10.4 Å². The second-order valence-corrected chi connectivity index (χ2v) is 20.0. The van der Waals surface area contributed by atoms with Crippen molar-refractivity contribution in [2.45, 2.75) is 6.92 Å². The molecular weight excluding hydrogens is 859 g/mol. The van der Waals surface area contributed by atoms with Gasteiger partial charge in [0.1, 0.15) is 0 Å². The molecule has 0 saturated carbocycles. The molecule has 0 fully saturated rings. The fraction of sp³-hybridized carbons (Fsp3) is 0.0167. The summed E-state index contributed by atoms with van der Waals surface area (Å²) in [6, 6.07) is 63.4. The maximum atomic E-state index is 5.44. The first kappa shape index (κ1) is 38.8. The topological polar surface area (TPSA) is 38.7 Å². The van der Waals surface area contributed by atoms with Gasteiger partial charge in [-0.15, -0.1) is 34.0 Å². The fourth-order valence-corrected chi connectivity index (χ4v) is 13.4. The molecule has 6 heteroatoms. The van der Waals surface area contributed by atoms with Gasteiger partial charge in [0.15, 0.2) is 5.82 Å². The van der Waals surface area contributed by atoms with E-state index in [0.29, 0.717) is 0 Å². The van der Waals surface area contributed by atoms with Crippen molar-refractivity contribution in [3.63, 3.8) is 0 Å². The number of aromatic nitrogens is 3. The van der Waals surface area contributed by atoms with E-state index in [1.807, 2.05) is 46.2 Å². The van der Waals surface area contributed by atoms with Crippen LogP contribution >= 0.6 is 34.0 Å². The van der Waals surface area contributed by atoms with Crippen LogP contribution in [0.5, 0.6) is 0 Å². The lowest BCUT2D eigenvalue weighted by molar-refractivity contribution is 1.19. The monoisotopic (exact) mass is 895 g/mol. The van der Waals surface area contributed by atoms with Gasteiger partial charge in [-0.3, -0.25) is 0 Å². The van der Waals surface area contributed by atoms with E-state index in [2.05, 4.69) is 196 Å². The third-order valence-electron chi connectivity index (χ3n) is 12.8. The molecule has 5 aromatic heterocycles. The zero-order valence-corrected chi connectivity index (χ0v) is 38.2. The number of aryl methyl sites for hydroxylation is 1. The Labute approximate surface area is 393 Å². The molecule has 0 atom stereocenters. The number of para-hydroxylation sites is 1. The van der Waals surface area contributed by atoms with Crippen molar-refractivity contribution in [2.24, 2.45) is 0 Å². The van der Waals surface area contributed by atoms with Gasteiger partial charge in [0.2, 0.25) is 0 Å². The van der Waals surface area contributed by atoms with Gasteiger partial charge in [0.05, 0.1) is 22.6 Å². The third kappa shape index (κ3) is 6.17. The van der Waals surface area contributed by atoms with E-state index in [1.54, 1.807) is 0 Å². The number of allylic oxidation sites excluding steroid dienone is 2. The molecular formula is C60H37N3S3. The summed E-state index contributed by atoms with van der Waals surface area (Å²) in [5.41, 5.74) is 11.6. The molecule has 8 aromatic carbocycles. The van der Waals surface area contributed by atoms with E-state index in [0.717, 1.165) is 61.6 Å². The van der Waals surface area contributed by atoms with E-state index in [1.165, 1.54) is 77.2 Å². The normalized spacial score (nSPS) is 12.0. The maximum Gasteiger partial charge on any atom is 0.161 e. The number of pyridine rings is 1. The number of hydrogen-bond acceptors (Lipinski definition) is 6. The highest BCUT2D eigenvalue weighted by Crippen LogP contribution is 2.48. The summed E-state index contributed by atoms with van der Waals surface area (Å²) in [7, 11) is 0. The minimum absolute atomic E-state index is 0.718. The molecule has 0 unspecified atom stereocenters. The number of benzene rings is 8. The van der Waals surface area contributed by atoms with E-state index in [-0.39, 0.29) is 0 Å². The number of rotatable bonds is 7. The van der Waals surface area contributed by atoms with Gasteiger partial charge >= 0.3 is 0 Å². The summed E-state index contributed by atoms with van der Waals surface area (Å²) in [6.45, 7) is 6.12. The molecule has 13 aromatic rings. The van der Waals surface area contributed by atoms with Crippen LogP contribution in [0.4, 0.5) is 0 Å². The molecule has 0 spiro atoms. The van der Waals surface area contributed by atoms with Gasteiger partial charge in [0.25, 0.3) is 0 Å². The molecule has 0 radical (unpaired) electrons. The van der Waals surface area contributed by atoms with Crippen molar-refractivity contribution >= 4 is 112 Å². The van der Waals surface area contributed by atoms with Gasteiger partial charge in [-0.25, -0.2) is 15.0 Å². The first-order valence-corrected chi connectivity index (χ1v) is 24.5. The first-order valence-electron chi connectivity index (χ1n) is 22.0. The van der Waals surface area contributed by atoms with Crippen LogP contribution in [0.15, 0.2) is 195 Å². The van der Waals surface area contributed by atoms with Crippen LogP contribution in [0, 0.1) is 6.92 Å². The number of fused-ring (bicyclic) bond motifs is 11. The third-order valence-corrected chi connectivity index (χ3v) is 16.4. The predicted octanol–water partition coefficient (Wildman–Crippen LogP) is 18.0. The Morgan fingerprint density at radius 2 is 1.08 bits per heavy atom. The molecule has 0 N–H and O–H groups in total. The van der Waals surface area contributed by atoms with Gasteiger partial charge in [0, 0.05) is 99.3 Å². The smallest absolute Gasteiger partial charge is 0.161 e. The molecule has 0 aliphatic heterocycles. The van der Waals surface area contributed by atoms with Crippen LogP contribution in [0.3, 0.4) is 0 Å². The van der Waals surface area contributed by atoms with Crippen LogP contribution in [-0.4, -0.2) is 15.0 Å². The molecule has 0 bridgehead atoms. The molecule has 0 amide bonds. The van der Waals surface area contributed by atoms with E-state index in [9.17, 15) is 0 Å². The highest BCUT2D eigenvalue weighted by Gasteiger charge is 2.22. The van der Waals surface area contributed by atoms with Gasteiger partial charge in [-0.05, 0) is 54.4 Å². The fourth-order valence-electron chi connectivity index (χ4n) is 9.79. The minimum atomic E-state index is 0.718. The lowest BCUT2D eigenvalue weighted by Crippen LogP contribution is -1.96. The van der Waals surface area contributed by atoms with Crippen LogP contribution in [0.25, 0.3) is 134 Å². The summed E-state index contributed by atoms with van der Waals surface area (Å²) in [4.78, 5) is 17.5. The predicted molar refractivity (Wildman–Crippen MR) is 287 cm³/mol. The quantitative estimate of drug-likeness (QED) is 0.118. The molecule has 13 rings (SSSR count). The average molecular weight is 896 g/mol. The Balaban J connectivity index is 1.03. The van der Waals surface area contributed by atoms with Gasteiger partial charge in [-0.1, -0.05) is 164 Å². The summed E-state index contributed by atoms with van der Waals surface area (Å²) in [5.74, 6) is 0.718. The van der Waals surface area contributed by atoms with Crippen molar-refractivity contribution in [3.05, 3.63) is 205 Å². The minimum Gasteiger partial charge on any atom is -0.247 e. The molecule has 5 heterocycles. The molecule has 0 aliphatic rings. The highest BCUT2D eigenvalue weighted by molar-refractivity contribution is 7.27. The Kier molecular flexibility index (Phi) is 9.13. The second kappa shape index (κ2) is 15.5. The van der Waals surface area contributed by atoms with Gasteiger partial charge in [-0.2, -0.15) is 0 Å². The Hall–Kier alpha value is -7.61. The maximum absolute atomic E-state index is 5.44. The molecule has 3 nitrogen and oxygen atoms in total. The standard InChI is InChI=1S/C60H37N3S3/c1-3-4-18-39-35(2)64-57-41(39)22-14-24-44(57)51-34-50(62-60(63-51)46-25-15-23-42-40-19-9-12-27-52(40)65-58(42)46)37-31-29-36(30-32-37)47-33-48-54(55-45-21-10-13-28-53(45)66-59(47)55)43-20-8-11-26-49(43)61-56(48)38-16-6-5-7-17-38/h3-34H,1H2,2H3/b18-4-. The lowest BCUT2D eigenvalue weighted by Gasteiger charge is -2.15. The number of hydrogen-bond donors (Lipinski definition) is 0. The van der Waals surface area contributed by atoms with Crippen molar-refractivity contribution in [3.8, 4) is 56.3 Å². The van der Waals surface area contributed by atoms with Crippen molar-refractivity contribution < 1.29 is 0 Å². The first-order chi connectivity index (χ1) is 32.6. The van der Waals surface area contributed by atoms with Crippen molar-refractivity contribution in [2.75, 3.05) is 0 Å². The van der Waals surface area contributed by atoms with E-state index in [4.69, 9.17) is 15.0 Å².